The van der Waals surface area contributed by atoms with Crippen molar-refractivity contribution in [3.8, 4) is 5.75 Å². The zero-order valence-corrected chi connectivity index (χ0v) is 12.0. The molecule has 0 aromatic heterocycles. The molecule has 106 valence electrons. The summed E-state index contributed by atoms with van der Waals surface area (Å²) in [5.41, 5.74) is 6.79. The summed E-state index contributed by atoms with van der Waals surface area (Å²) in [5.74, 6) is 0.511. The zero-order chi connectivity index (χ0) is 14.4. The summed E-state index contributed by atoms with van der Waals surface area (Å²) in [4.78, 5) is 14.2. The van der Waals surface area contributed by atoms with Crippen molar-refractivity contribution in [2.75, 3.05) is 33.1 Å². The molecule has 0 saturated carbocycles. The Morgan fingerprint density at radius 2 is 2.05 bits per heavy atom. The van der Waals surface area contributed by atoms with Crippen LogP contribution in [0, 0.1) is 0 Å². The molecular formula is C14H22N2O3. The zero-order valence-electron chi connectivity index (χ0n) is 12.0. The average Bonchev–Trinajstić information content (AvgIpc) is 2.39. The number of nitrogen functional groups attached to an aromatic ring is 1. The molecule has 0 unspecified atom stereocenters. The first-order valence-corrected chi connectivity index (χ1v) is 6.24. The van der Waals surface area contributed by atoms with Crippen LogP contribution in [-0.4, -0.2) is 44.2 Å². The van der Waals surface area contributed by atoms with Crippen LogP contribution in [0.25, 0.3) is 0 Å². The third-order valence-electron chi connectivity index (χ3n) is 2.91. The van der Waals surface area contributed by atoms with Crippen molar-refractivity contribution < 1.29 is 14.3 Å². The summed E-state index contributed by atoms with van der Waals surface area (Å²) in [6.07, 6.45) is 0. The summed E-state index contributed by atoms with van der Waals surface area (Å²) in [6.45, 7) is 4.95. The average molecular weight is 266 g/mol. The van der Waals surface area contributed by atoms with Gasteiger partial charge in [0.1, 0.15) is 5.75 Å². The Labute approximate surface area is 114 Å². The molecule has 0 fully saturated rings. The van der Waals surface area contributed by atoms with E-state index in [0.29, 0.717) is 30.2 Å². The van der Waals surface area contributed by atoms with Gasteiger partial charge >= 0.3 is 0 Å². The van der Waals surface area contributed by atoms with Crippen molar-refractivity contribution >= 4 is 11.6 Å². The standard InChI is InChI=1S/C14H22N2O3/c1-10(2)16(7-8-18-3)14(17)12-9-11(19-4)5-6-13(12)15/h5-6,9-10H,7-8,15H2,1-4H3. The second-order valence-electron chi connectivity index (χ2n) is 4.54. The molecule has 1 amide bonds. The van der Waals surface area contributed by atoms with E-state index in [2.05, 4.69) is 0 Å². The lowest BCUT2D eigenvalue weighted by atomic mass is 10.1. The molecule has 19 heavy (non-hydrogen) atoms. The molecule has 0 aliphatic heterocycles. The SMILES string of the molecule is COCCN(C(=O)c1cc(OC)ccc1N)C(C)C. The molecule has 0 aliphatic rings. The Hall–Kier alpha value is -1.75. The van der Waals surface area contributed by atoms with Crippen LogP contribution in [0.1, 0.15) is 24.2 Å². The lowest BCUT2D eigenvalue weighted by Gasteiger charge is -2.27. The minimum atomic E-state index is -0.108. The van der Waals surface area contributed by atoms with Crippen LogP contribution in [-0.2, 0) is 4.74 Å². The number of ether oxygens (including phenoxy) is 2. The first kappa shape index (κ1) is 15.3. The highest BCUT2D eigenvalue weighted by atomic mass is 16.5. The van der Waals surface area contributed by atoms with Gasteiger partial charge in [0.05, 0.1) is 19.3 Å². The normalized spacial score (nSPS) is 10.6. The number of hydrogen-bond acceptors (Lipinski definition) is 4. The topological polar surface area (TPSA) is 64.8 Å². The van der Waals surface area contributed by atoms with E-state index in [9.17, 15) is 4.79 Å². The molecule has 0 radical (unpaired) electrons. The number of rotatable bonds is 6. The Morgan fingerprint density at radius 1 is 1.37 bits per heavy atom. The number of amides is 1. The first-order valence-electron chi connectivity index (χ1n) is 6.24. The van der Waals surface area contributed by atoms with Crippen molar-refractivity contribution in [1.29, 1.82) is 0 Å². The van der Waals surface area contributed by atoms with E-state index in [-0.39, 0.29) is 11.9 Å². The van der Waals surface area contributed by atoms with Crippen LogP contribution in [0.2, 0.25) is 0 Å². The summed E-state index contributed by atoms with van der Waals surface area (Å²) in [5, 5.41) is 0. The van der Waals surface area contributed by atoms with Crippen LogP contribution in [0.15, 0.2) is 18.2 Å². The highest BCUT2D eigenvalue weighted by Gasteiger charge is 2.21. The van der Waals surface area contributed by atoms with E-state index in [1.54, 1.807) is 37.3 Å². The second-order valence-corrected chi connectivity index (χ2v) is 4.54. The molecule has 0 heterocycles. The van der Waals surface area contributed by atoms with Crippen LogP contribution < -0.4 is 10.5 Å². The molecule has 5 nitrogen and oxygen atoms in total. The van der Waals surface area contributed by atoms with Crippen molar-refractivity contribution in [1.82, 2.24) is 4.90 Å². The van der Waals surface area contributed by atoms with Crippen LogP contribution in [0.4, 0.5) is 5.69 Å². The van der Waals surface area contributed by atoms with Gasteiger partial charge in [0.25, 0.3) is 5.91 Å². The Balaban J connectivity index is 3.01. The summed E-state index contributed by atoms with van der Waals surface area (Å²) < 4.78 is 10.2. The van der Waals surface area contributed by atoms with Crippen molar-refractivity contribution in [2.45, 2.75) is 19.9 Å². The molecule has 0 saturated heterocycles. The largest absolute Gasteiger partial charge is 0.497 e. The van der Waals surface area contributed by atoms with Crippen molar-refractivity contribution in [3.63, 3.8) is 0 Å². The van der Waals surface area contributed by atoms with Crippen LogP contribution >= 0.6 is 0 Å². The quantitative estimate of drug-likeness (QED) is 0.797. The number of benzene rings is 1. The molecule has 0 spiro atoms. The number of nitrogens with two attached hydrogens (primary N) is 1. The Morgan fingerprint density at radius 3 is 2.58 bits per heavy atom. The Bertz CT molecular complexity index is 433. The third kappa shape index (κ3) is 3.86. The number of hydrogen-bond donors (Lipinski definition) is 1. The molecular weight excluding hydrogens is 244 g/mol. The molecule has 0 aliphatic carbocycles. The lowest BCUT2D eigenvalue weighted by Crippen LogP contribution is -2.39. The van der Waals surface area contributed by atoms with Gasteiger partial charge in [-0.15, -0.1) is 0 Å². The summed E-state index contributed by atoms with van der Waals surface area (Å²) in [6, 6.07) is 5.16. The molecule has 5 heteroatoms. The second kappa shape index (κ2) is 6.99. The Kier molecular flexibility index (Phi) is 5.63. The fourth-order valence-electron chi connectivity index (χ4n) is 1.79. The highest BCUT2D eigenvalue weighted by Crippen LogP contribution is 2.21. The van der Waals surface area contributed by atoms with Gasteiger partial charge in [0.2, 0.25) is 0 Å². The predicted octanol–water partition coefficient (Wildman–Crippen LogP) is 1.77. The van der Waals surface area contributed by atoms with Crippen molar-refractivity contribution in [2.24, 2.45) is 0 Å². The fraction of sp³-hybridized carbons (Fsp3) is 0.500. The minimum absolute atomic E-state index is 0.0771. The third-order valence-corrected chi connectivity index (χ3v) is 2.91. The highest BCUT2D eigenvalue weighted by molar-refractivity contribution is 5.99. The number of nitrogens with zero attached hydrogens (tertiary/aromatic N) is 1. The molecule has 0 bridgehead atoms. The monoisotopic (exact) mass is 266 g/mol. The maximum Gasteiger partial charge on any atom is 0.256 e. The minimum Gasteiger partial charge on any atom is -0.497 e. The van der Waals surface area contributed by atoms with E-state index in [1.165, 1.54) is 0 Å². The van der Waals surface area contributed by atoms with E-state index in [0.717, 1.165) is 0 Å². The lowest BCUT2D eigenvalue weighted by molar-refractivity contribution is 0.0635. The van der Waals surface area contributed by atoms with Gasteiger partial charge in [-0.1, -0.05) is 0 Å². The number of methoxy groups -OCH3 is 2. The maximum atomic E-state index is 12.5. The number of anilines is 1. The van der Waals surface area contributed by atoms with E-state index in [4.69, 9.17) is 15.2 Å². The number of carbonyl (C=O) groups excluding carboxylic acids is 1. The molecule has 1 aromatic rings. The first-order chi connectivity index (χ1) is 9.01. The molecule has 1 aromatic carbocycles. The van der Waals surface area contributed by atoms with Crippen LogP contribution in [0.3, 0.4) is 0 Å². The van der Waals surface area contributed by atoms with Gasteiger partial charge in [-0.3, -0.25) is 4.79 Å². The predicted molar refractivity (Wildman–Crippen MR) is 75.5 cm³/mol. The van der Waals surface area contributed by atoms with Crippen molar-refractivity contribution in [3.05, 3.63) is 23.8 Å². The van der Waals surface area contributed by atoms with E-state index < -0.39 is 0 Å². The van der Waals surface area contributed by atoms with Crippen LogP contribution in [0.5, 0.6) is 5.75 Å². The molecule has 2 N–H and O–H groups in total. The molecule has 0 atom stereocenters. The van der Waals surface area contributed by atoms with Gasteiger partial charge in [0.15, 0.2) is 0 Å². The van der Waals surface area contributed by atoms with Gasteiger partial charge < -0.3 is 20.1 Å². The summed E-state index contributed by atoms with van der Waals surface area (Å²) >= 11 is 0. The van der Waals surface area contributed by atoms with E-state index in [1.807, 2.05) is 13.8 Å². The number of carbonyl (C=O) groups is 1. The smallest absolute Gasteiger partial charge is 0.256 e. The van der Waals surface area contributed by atoms with Gasteiger partial charge in [-0.05, 0) is 32.0 Å². The van der Waals surface area contributed by atoms with Gasteiger partial charge in [0, 0.05) is 25.4 Å². The van der Waals surface area contributed by atoms with E-state index >= 15 is 0 Å². The summed E-state index contributed by atoms with van der Waals surface area (Å²) in [7, 11) is 3.17. The fourth-order valence-corrected chi connectivity index (χ4v) is 1.79. The molecule has 1 rings (SSSR count). The van der Waals surface area contributed by atoms with Gasteiger partial charge in [-0.2, -0.15) is 0 Å². The van der Waals surface area contributed by atoms with Gasteiger partial charge in [-0.25, -0.2) is 0 Å². The maximum absolute atomic E-state index is 12.5.